The van der Waals surface area contributed by atoms with Crippen LogP contribution in [0.4, 0.5) is 0 Å². The minimum absolute atomic E-state index is 0.0113. The Hall–Kier alpha value is -0.530. The number of hydrogen-bond donors (Lipinski definition) is 0. The molecule has 0 aromatic rings. The van der Waals surface area contributed by atoms with E-state index >= 15 is 0 Å². The van der Waals surface area contributed by atoms with E-state index in [0.717, 1.165) is 12.8 Å². The summed E-state index contributed by atoms with van der Waals surface area (Å²) in [6, 6.07) is 0.579. The number of carbonyl (C=O) groups excluding carboxylic acids is 1. The molecule has 0 N–H and O–H groups in total. The lowest BCUT2D eigenvalue weighted by Crippen LogP contribution is -2.45. The summed E-state index contributed by atoms with van der Waals surface area (Å²) in [7, 11) is 1.96. The fraction of sp³-hybridized carbons (Fsp3) is 0.900. The topological polar surface area (TPSA) is 20.3 Å². The number of nitrogens with zero attached hydrogens (tertiary/aromatic N) is 1. The van der Waals surface area contributed by atoms with Crippen LogP contribution in [-0.4, -0.2) is 23.9 Å². The standard InChI is InChI=1S/C10H17NO/c1-10(6-3-7-10)9(12)11(2)8-4-5-8/h8H,3-7H2,1-2H3. The lowest BCUT2D eigenvalue weighted by Gasteiger charge is -2.39. The first kappa shape index (κ1) is 8.09. The van der Waals surface area contributed by atoms with Gasteiger partial charge in [0.15, 0.2) is 0 Å². The Morgan fingerprint density at radius 2 is 2.00 bits per heavy atom. The Kier molecular flexibility index (Phi) is 1.67. The zero-order chi connectivity index (χ0) is 8.77. The Morgan fingerprint density at radius 1 is 1.42 bits per heavy atom. The molecule has 1 amide bonds. The van der Waals surface area contributed by atoms with Gasteiger partial charge in [-0.1, -0.05) is 13.3 Å². The van der Waals surface area contributed by atoms with Crippen molar-refractivity contribution in [1.29, 1.82) is 0 Å². The van der Waals surface area contributed by atoms with Gasteiger partial charge < -0.3 is 4.90 Å². The van der Waals surface area contributed by atoms with E-state index in [2.05, 4.69) is 6.92 Å². The largest absolute Gasteiger partial charge is 0.342 e. The molecule has 2 saturated carbocycles. The van der Waals surface area contributed by atoms with Crippen molar-refractivity contribution < 1.29 is 4.79 Å². The van der Waals surface area contributed by atoms with Crippen LogP contribution < -0.4 is 0 Å². The van der Waals surface area contributed by atoms with Gasteiger partial charge in [0.25, 0.3) is 0 Å². The van der Waals surface area contributed by atoms with Gasteiger partial charge in [-0.15, -0.1) is 0 Å². The fourth-order valence-corrected chi connectivity index (χ4v) is 1.97. The lowest BCUT2D eigenvalue weighted by molar-refractivity contribution is -0.145. The molecule has 0 saturated heterocycles. The molecule has 0 aliphatic heterocycles. The van der Waals surface area contributed by atoms with Crippen molar-refractivity contribution in [2.75, 3.05) is 7.05 Å². The second-order valence-electron chi connectivity index (χ2n) is 4.56. The van der Waals surface area contributed by atoms with Crippen LogP contribution in [0, 0.1) is 5.41 Å². The van der Waals surface area contributed by atoms with Gasteiger partial charge in [0, 0.05) is 18.5 Å². The molecule has 68 valence electrons. The lowest BCUT2D eigenvalue weighted by atomic mass is 9.69. The highest BCUT2D eigenvalue weighted by atomic mass is 16.2. The van der Waals surface area contributed by atoms with Gasteiger partial charge in [0.05, 0.1) is 0 Å². The number of hydrogen-bond acceptors (Lipinski definition) is 1. The van der Waals surface area contributed by atoms with E-state index in [1.165, 1.54) is 19.3 Å². The van der Waals surface area contributed by atoms with Gasteiger partial charge in [-0.25, -0.2) is 0 Å². The van der Waals surface area contributed by atoms with Crippen molar-refractivity contribution in [2.24, 2.45) is 5.41 Å². The average Bonchev–Trinajstić information content (AvgIpc) is 2.79. The molecular weight excluding hydrogens is 150 g/mol. The molecule has 0 aromatic heterocycles. The Balaban J connectivity index is 1.97. The second-order valence-corrected chi connectivity index (χ2v) is 4.56. The maximum atomic E-state index is 11.9. The quantitative estimate of drug-likeness (QED) is 0.614. The molecule has 0 radical (unpaired) electrons. The van der Waals surface area contributed by atoms with Crippen molar-refractivity contribution in [1.82, 2.24) is 4.90 Å². The molecule has 12 heavy (non-hydrogen) atoms. The monoisotopic (exact) mass is 167 g/mol. The third-order valence-corrected chi connectivity index (χ3v) is 3.39. The normalized spacial score (nSPS) is 26.2. The minimum atomic E-state index is 0.0113. The molecule has 2 rings (SSSR count). The van der Waals surface area contributed by atoms with Crippen LogP contribution in [0.1, 0.15) is 39.0 Å². The zero-order valence-electron chi connectivity index (χ0n) is 7.97. The summed E-state index contributed by atoms with van der Waals surface area (Å²) in [6.45, 7) is 2.11. The van der Waals surface area contributed by atoms with E-state index in [-0.39, 0.29) is 5.41 Å². The van der Waals surface area contributed by atoms with Gasteiger partial charge in [0.1, 0.15) is 0 Å². The Bertz CT molecular complexity index is 204. The number of carbonyl (C=O) groups is 1. The highest BCUT2D eigenvalue weighted by molar-refractivity contribution is 5.83. The summed E-state index contributed by atoms with van der Waals surface area (Å²) in [5.74, 6) is 0.385. The highest BCUT2D eigenvalue weighted by Crippen LogP contribution is 2.43. The summed E-state index contributed by atoms with van der Waals surface area (Å²) in [4.78, 5) is 13.8. The molecule has 0 bridgehead atoms. The highest BCUT2D eigenvalue weighted by Gasteiger charge is 2.44. The first-order valence-electron chi connectivity index (χ1n) is 4.91. The molecule has 0 spiro atoms. The van der Waals surface area contributed by atoms with E-state index in [1.807, 2.05) is 11.9 Å². The Morgan fingerprint density at radius 3 is 2.33 bits per heavy atom. The SMILES string of the molecule is CN(C(=O)C1(C)CCC1)C1CC1. The van der Waals surface area contributed by atoms with Gasteiger partial charge in [-0.2, -0.15) is 0 Å². The fourth-order valence-electron chi connectivity index (χ4n) is 1.97. The van der Waals surface area contributed by atoms with Crippen molar-refractivity contribution >= 4 is 5.91 Å². The van der Waals surface area contributed by atoms with Crippen molar-refractivity contribution in [3.63, 3.8) is 0 Å². The maximum absolute atomic E-state index is 11.9. The average molecular weight is 167 g/mol. The zero-order valence-corrected chi connectivity index (χ0v) is 7.97. The summed E-state index contributed by atoms with van der Waals surface area (Å²) in [5, 5.41) is 0. The van der Waals surface area contributed by atoms with Crippen molar-refractivity contribution in [3.8, 4) is 0 Å². The van der Waals surface area contributed by atoms with Crippen LogP contribution in [0.2, 0.25) is 0 Å². The summed E-state index contributed by atoms with van der Waals surface area (Å²) < 4.78 is 0. The van der Waals surface area contributed by atoms with Crippen molar-refractivity contribution in [2.45, 2.75) is 45.1 Å². The van der Waals surface area contributed by atoms with E-state index in [4.69, 9.17) is 0 Å². The molecule has 2 fully saturated rings. The second kappa shape index (κ2) is 2.48. The van der Waals surface area contributed by atoms with Crippen LogP contribution in [0.5, 0.6) is 0 Å². The third-order valence-electron chi connectivity index (χ3n) is 3.39. The first-order chi connectivity index (χ1) is 5.63. The molecule has 2 heteroatoms. The third kappa shape index (κ3) is 1.13. The summed E-state index contributed by atoms with van der Waals surface area (Å²) in [5.41, 5.74) is 0.0113. The molecule has 0 unspecified atom stereocenters. The van der Waals surface area contributed by atoms with Gasteiger partial charge in [-0.05, 0) is 25.7 Å². The summed E-state index contributed by atoms with van der Waals surface area (Å²) in [6.07, 6.45) is 5.88. The van der Waals surface area contributed by atoms with Gasteiger partial charge in [-0.3, -0.25) is 4.79 Å². The molecule has 0 heterocycles. The predicted molar refractivity (Wildman–Crippen MR) is 47.8 cm³/mol. The van der Waals surface area contributed by atoms with Crippen LogP contribution in [0.3, 0.4) is 0 Å². The number of amides is 1. The molecule has 2 nitrogen and oxygen atoms in total. The van der Waals surface area contributed by atoms with Crippen LogP contribution in [0.25, 0.3) is 0 Å². The molecule has 2 aliphatic rings. The molecule has 0 aromatic carbocycles. The van der Waals surface area contributed by atoms with E-state index in [9.17, 15) is 4.79 Å². The van der Waals surface area contributed by atoms with E-state index in [0.29, 0.717) is 11.9 Å². The van der Waals surface area contributed by atoms with Crippen LogP contribution in [-0.2, 0) is 4.79 Å². The van der Waals surface area contributed by atoms with E-state index in [1.54, 1.807) is 0 Å². The predicted octanol–water partition coefficient (Wildman–Crippen LogP) is 1.80. The molecular formula is C10H17NO. The maximum Gasteiger partial charge on any atom is 0.228 e. The van der Waals surface area contributed by atoms with Crippen molar-refractivity contribution in [3.05, 3.63) is 0 Å². The molecule has 2 aliphatic carbocycles. The van der Waals surface area contributed by atoms with Gasteiger partial charge >= 0.3 is 0 Å². The van der Waals surface area contributed by atoms with Crippen LogP contribution >= 0.6 is 0 Å². The first-order valence-corrected chi connectivity index (χ1v) is 4.91. The smallest absolute Gasteiger partial charge is 0.228 e. The Labute approximate surface area is 73.9 Å². The van der Waals surface area contributed by atoms with Crippen LogP contribution in [0.15, 0.2) is 0 Å². The summed E-state index contributed by atoms with van der Waals surface area (Å²) >= 11 is 0. The molecule has 0 atom stereocenters. The number of rotatable bonds is 2. The van der Waals surface area contributed by atoms with Gasteiger partial charge in [0.2, 0.25) is 5.91 Å². The van der Waals surface area contributed by atoms with E-state index < -0.39 is 0 Å². The minimum Gasteiger partial charge on any atom is -0.342 e.